The van der Waals surface area contributed by atoms with Crippen molar-refractivity contribution in [3.05, 3.63) is 36.0 Å². The standard InChI is InChI=1S/C21H26ClN5O2/c1-21(2,3)29-20(28)26(5)14-6-15(7-14)27-12-17(13-9-24-25(4)11-13)16-10-23-19(22)8-18(16)27/h8-12,14-15H,6-7H2,1-5H3/t14-,15-. The summed E-state index contributed by atoms with van der Waals surface area (Å²) >= 11 is 6.19. The Hall–Kier alpha value is -2.54. The number of amides is 1. The van der Waals surface area contributed by atoms with Crippen LogP contribution in [0.1, 0.15) is 39.7 Å². The van der Waals surface area contributed by atoms with E-state index in [0.717, 1.165) is 34.9 Å². The molecule has 154 valence electrons. The Morgan fingerprint density at radius 1 is 1.28 bits per heavy atom. The summed E-state index contributed by atoms with van der Waals surface area (Å²) in [6.07, 6.45) is 9.27. The molecule has 0 bridgehead atoms. The molecule has 0 saturated heterocycles. The SMILES string of the molecule is Cn1cc(-c2cn([C@H]3C[C@H](N(C)C(=O)OC(C)(C)C)C3)c3cc(Cl)ncc23)cn1. The first-order chi connectivity index (χ1) is 13.6. The maximum absolute atomic E-state index is 12.3. The Morgan fingerprint density at radius 2 is 2.00 bits per heavy atom. The van der Waals surface area contributed by atoms with Crippen molar-refractivity contribution in [1.82, 2.24) is 24.2 Å². The second kappa shape index (κ2) is 7.06. The lowest BCUT2D eigenvalue weighted by atomic mass is 9.85. The molecule has 0 spiro atoms. The van der Waals surface area contributed by atoms with Crippen LogP contribution in [0.5, 0.6) is 0 Å². The van der Waals surface area contributed by atoms with Crippen LogP contribution >= 0.6 is 11.6 Å². The van der Waals surface area contributed by atoms with E-state index in [0.29, 0.717) is 5.15 Å². The topological polar surface area (TPSA) is 65.2 Å². The minimum Gasteiger partial charge on any atom is -0.444 e. The van der Waals surface area contributed by atoms with Crippen molar-refractivity contribution in [2.45, 2.75) is 51.3 Å². The highest BCUT2D eigenvalue weighted by Gasteiger charge is 2.37. The lowest BCUT2D eigenvalue weighted by Crippen LogP contribution is -2.47. The zero-order valence-electron chi connectivity index (χ0n) is 17.4. The van der Waals surface area contributed by atoms with E-state index in [-0.39, 0.29) is 18.2 Å². The van der Waals surface area contributed by atoms with Crippen molar-refractivity contribution in [1.29, 1.82) is 0 Å². The van der Waals surface area contributed by atoms with Crippen LogP contribution in [-0.2, 0) is 11.8 Å². The molecule has 0 unspecified atom stereocenters. The van der Waals surface area contributed by atoms with Crippen LogP contribution in [0.2, 0.25) is 5.15 Å². The maximum atomic E-state index is 12.3. The Bertz CT molecular complexity index is 1060. The molecule has 1 aliphatic rings. The third-order valence-corrected chi connectivity index (χ3v) is 5.62. The summed E-state index contributed by atoms with van der Waals surface area (Å²) in [6.45, 7) is 5.64. The molecule has 8 heteroatoms. The first-order valence-electron chi connectivity index (χ1n) is 9.73. The van der Waals surface area contributed by atoms with Crippen molar-refractivity contribution in [3.63, 3.8) is 0 Å². The van der Waals surface area contributed by atoms with Gasteiger partial charge in [0.2, 0.25) is 0 Å². The summed E-state index contributed by atoms with van der Waals surface area (Å²) in [6, 6.07) is 2.35. The normalized spacial score (nSPS) is 19.2. The average Bonchev–Trinajstić information content (AvgIpc) is 3.16. The molecule has 0 aromatic carbocycles. The molecule has 0 aliphatic heterocycles. The van der Waals surface area contributed by atoms with E-state index >= 15 is 0 Å². The molecule has 0 atom stereocenters. The zero-order valence-corrected chi connectivity index (χ0v) is 18.1. The Kier molecular flexibility index (Phi) is 4.81. The van der Waals surface area contributed by atoms with Gasteiger partial charge in [0, 0.05) is 61.3 Å². The van der Waals surface area contributed by atoms with Crippen LogP contribution in [-0.4, -0.2) is 49.0 Å². The number of carbonyl (C=O) groups excluding carboxylic acids is 1. The average molecular weight is 416 g/mol. The molecular weight excluding hydrogens is 390 g/mol. The second-order valence-corrected chi connectivity index (χ2v) is 9.13. The smallest absolute Gasteiger partial charge is 0.410 e. The molecule has 3 heterocycles. The van der Waals surface area contributed by atoms with Gasteiger partial charge in [-0.2, -0.15) is 5.10 Å². The number of rotatable bonds is 3. The van der Waals surface area contributed by atoms with E-state index in [9.17, 15) is 4.79 Å². The van der Waals surface area contributed by atoms with Gasteiger partial charge in [-0.05, 0) is 39.7 Å². The number of ether oxygens (including phenoxy) is 1. The summed E-state index contributed by atoms with van der Waals surface area (Å²) in [7, 11) is 3.71. The third kappa shape index (κ3) is 3.83. The fourth-order valence-corrected chi connectivity index (χ4v) is 3.95. The molecule has 0 N–H and O–H groups in total. The summed E-state index contributed by atoms with van der Waals surface area (Å²) in [5.74, 6) is 0. The quantitative estimate of drug-likeness (QED) is 0.583. The van der Waals surface area contributed by atoms with Crippen molar-refractivity contribution in [2.75, 3.05) is 7.05 Å². The number of carbonyl (C=O) groups is 1. The molecule has 1 fully saturated rings. The number of hydrogen-bond acceptors (Lipinski definition) is 4. The number of nitrogens with zero attached hydrogens (tertiary/aromatic N) is 5. The van der Waals surface area contributed by atoms with Gasteiger partial charge in [-0.1, -0.05) is 11.6 Å². The number of aryl methyl sites for hydroxylation is 1. The van der Waals surface area contributed by atoms with Gasteiger partial charge >= 0.3 is 6.09 Å². The molecule has 4 rings (SSSR count). The van der Waals surface area contributed by atoms with E-state index in [1.807, 2.05) is 59.5 Å². The second-order valence-electron chi connectivity index (χ2n) is 8.75. The van der Waals surface area contributed by atoms with E-state index in [2.05, 4.69) is 20.8 Å². The fourth-order valence-electron chi connectivity index (χ4n) is 3.80. The predicted molar refractivity (Wildman–Crippen MR) is 113 cm³/mol. The van der Waals surface area contributed by atoms with Crippen molar-refractivity contribution in [2.24, 2.45) is 7.05 Å². The van der Waals surface area contributed by atoms with Crippen LogP contribution in [0.25, 0.3) is 22.0 Å². The lowest BCUT2D eigenvalue weighted by molar-refractivity contribution is 0.00813. The minimum absolute atomic E-state index is 0.159. The van der Waals surface area contributed by atoms with Crippen molar-refractivity contribution < 1.29 is 9.53 Å². The highest BCUT2D eigenvalue weighted by Crippen LogP contribution is 2.41. The highest BCUT2D eigenvalue weighted by molar-refractivity contribution is 6.30. The molecular formula is C21H26ClN5O2. The first kappa shape index (κ1) is 19.8. The third-order valence-electron chi connectivity index (χ3n) is 5.41. The number of pyridine rings is 1. The molecule has 7 nitrogen and oxygen atoms in total. The van der Waals surface area contributed by atoms with Gasteiger partial charge in [0.05, 0.1) is 11.7 Å². The van der Waals surface area contributed by atoms with Gasteiger partial charge in [0.25, 0.3) is 0 Å². The highest BCUT2D eigenvalue weighted by atomic mass is 35.5. The monoisotopic (exact) mass is 415 g/mol. The van der Waals surface area contributed by atoms with Gasteiger partial charge in [0.1, 0.15) is 10.8 Å². The number of halogens is 1. The largest absolute Gasteiger partial charge is 0.444 e. The van der Waals surface area contributed by atoms with Crippen LogP contribution < -0.4 is 0 Å². The van der Waals surface area contributed by atoms with Crippen molar-refractivity contribution in [3.8, 4) is 11.1 Å². The van der Waals surface area contributed by atoms with E-state index in [4.69, 9.17) is 16.3 Å². The number of fused-ring (bicyclic) bond motifs is 1. The fraction of sp³-hybridized carbons (Fsp3) is 0.476. The molecule has 3 aromatic heterocycles. The first-order valence-corrected chi connectivity index (χ1v) is 10.1. The predicted octanol–water partition coefficient (Wildman–Crippen LogP) is 4.66. The summed E-state index contributed by atoms with van der Waals surface area (Å²) in [4.78, 5) is 18.3. The van der Waals surface area contributed by atoms with Crippen LogP contribution in [0.15, 0.2) is 30.9 Å². The van der Waals surface area contributed by atoms with E-state index in [1.54, 1.807) is 9.58 Å². The molecule has 29 heavy (non-hydrogen) atoms. The maximum Gasteiger partial charge on any atom is 0.410 e. The van der Waals surface area contributed by atoms with Gasteiger partial charge < -0.3 is 14.2 Å². The summed E-state index contributed by atoms with van der Waals surface area (Å²) in [5.41, 5.74) is 2.68. The molecule has 1 amide bonds. The minimum atomic E-state index is -0.493. The molecule has 0 radical (unpaired) electrons. The Labute approximate surface area is 175 Å². The summed E-state index contributed by atoms with van der Waals surface area (Å²) in [5, 5.41) is 5.81. The van der Waals surface area contributed by atoms with Gasteiger partial charge in [0.15, 0.2) is 0 Å². The Balaban J connectivity index is 1.58. The van der Waals surface area contributed by atoms with Crippen LogP contribution in [0.3, 0.4) is 0 Å². The van der Waals surface area contributed by atoms with E-state index < -0.39 is 5.60 Å². The van der Waals surface area contributed by atoms with Gasteiger partial charge in [-0.25, -0.2) is 9.78 Å². The Morgan fingerprint density at radius 3 is 2.62 bits per heavy atom. The molecule has 1 saturated carbocycles. The van der Waals surface area contributed by atoms with Crippen LogP contribution in [0, 0.1) is 0 Å². The van der Waals surface area contributed by atoms with E-state index in [1.165, 1.54) is 0 Å². The molecule has 1 aliphatic carbocycles. The number of aromatic nitrogens is 4. The van der Waals surface area contributed by atoms with Gasteiger partial charge in [-0.15, -0.1) is 0 Å². The summed E-state index contributed by atoms with van der Waals surface area (Å²) < 4.78 is 9.54. The number of hydrogen-bond donors (Lipinski definition) is 0. The lowest BCUT2D eigenvalue weighted by Gasteiger charge is -2.42. The van der Waals surface area contributed by atoms with Crippen molar-refractivity contribution >= 4 is 28.6 Å². The zero-order chi connectivity index (χ0) is 20.9. The van der Waals surface area contributed by atoms with Crippen LogP contribution in [0.4, 0.5) is 4.79 Å². The molecule has 3 aromatic rings. The van der Waals surface area contributed by atoms with Gasteiger partial charge in [-0.3, -0.25) is 4.68 Å².